The van der Waals surface area contributed by atoms with Gasteiger partial charge in [0.25, 0.3) is 5.56 Å². The number of pyridine rings is 1. The van der Waals surface area contributed by atoms with Gasteiger partial charge in [-0.15, -0.1) is 0 Å². The topological polar surface area (TPSA) is 101 Å². The highest BCUT2D eigenvalue weighted by Gasteiger charge is 2.58. The Kier molecular flexibility index (Phi) is 7.04. The smallest absolute Gasteiger partial charge is 0.258 e. The number of carbonyl (C=O) groups is 2. The van der Waals surface area contributed by atoms with Crippen LogP contribution in [-0.4, -0.2) is 84.0 Å². The molecule has 9 heteroatoms. The van der Waals surface area contributed by atoms with Crippen molar-refractivity contribution >= 4 is 24.0 Å². The number of carbonyl (C=O) groups excluding carboxylic acids is 2. The number of aromatic nitrogens is 1. The number of rotatable bonds is 6. The Labute approximate surface area is 209 Å². The molecule has 3 aliphatic rings. The molecule has 2 saturated heterocycles. The number of nitrogens with zero attached hydrogens (tertiary/aromatic N) is 3. The number of ether oxygens (including phenoxy) is 2. The summed E-state index contributed by atoms with van der Waals surface area (Å²) in [4.78, 5) is 43.9. The van der Waals surface area contributed by atoms with E-state index in [1.165, 1.54) is 7.11 Å². The molecule has 2 aromatic rings. The van der Waals surface area contributed by atoms with Crippen molar-refractivity contribution in [2.75, 3.05) is 46.6 Å². The van der Waals surface area contributed by atoms with E-state index in [1.54, 1.807) is 26.5 Å². The standard InChI is InChI=1S/C27H31N3O6/c1-35-17-23(32)30-22-15-29-21(10-9-19(26(29)33)8-7-18-5-3-2-4-6-18)25(30)24(20(22)16-31)27(34)28-11-13-36-14-12-28/h2-10,20,22,24-25,31H,11-17H2,1H3/t20-,22-,24+,25+/m0/s1. The fourth-order valence-corrected chi connectivity index (χ4v) is 5.82. The molecule has 2 fully saturated rings. The van der Waals surface area contributed by atoms with Crippen molar-refractivity contribution in [3.8, 4) is 0 Å². The maximum Gasteiger partial charge on any atom is 0.258 e. The first-order valence-electron chi connectivity index (χ1n) is 12.3. The van der Waals surface area contributed by atoms with Gasteiger partial charge in [0.05, 0.1) is 31.2 Å². The van der Waals surface area contributed by atoms with E-state index in [4.69, 9.17) is 9.47 Å². The number of morpholine rings is 1. The first-order chi connectivity index (χ1) is 17.5. The molecule has 1 aromatic heterocycles. The van der Waals surface area contributed by atoms with Crippen molar-refractivity contribution in [2.45, 2.75) is 18.6 Å². The molecule has 2 amide bonds. The van der Waals surface area contributed by atoms with Crippen LogP contribution in [0.2, 0.25) is 0 Å². The average molecular weight is 494 g/mol. The summed E-state index contributed by atoms with van der Waals surface area (Å²) in [6, 6.07) is 12.2. The SMILES string of the molecule is COCC(=O)N1[C@@H]2c3ccc(C=Cc4ccccc4)c(=O)n3C[C@H]1[C@H](CO)[C@H]2C(=O)N1CCOCC1. The number of aliphatic hydroxyl groups is 1. The molecule has 190 valence electrons. The fourth-order valence-electron chi connectivity index (χ4n) is 5.82. The highest BCUT2D eigenvalue weighted by atomic mass is 16.5. The normalized spacial score (nSPS) is 25.3. The Morgan fingerprint density at radius 1 is 1.11 bits per heavy atom. The summed E-state index contributed by atoms with van der Waals surface area (Å²) in [5, 5.41) is 10.4. The molecule has 36 heavy (non-hydrogen) atoms. The number of benzene rings is 1. The molecule has 9 nitrogen and oxygen atoms in total. The first-order valence-corrected chi connectivity index (χ1v) is 12.3. The third kappa shape index (κ3) is 4.27. The summed E-state index contributed by atoms with van der Waals surface area (Å²) in [7, 11) is 1.45. The van der Waals surface area contributed by atoms with E-state index in [2.05, 4.69) is 0 Å². The summed E-state index contributed by atoms with van der Waals surface area (Å²) in [5.41, 5.74) is 1.94. The van der Waals surface area contributed by atoms with E-state index in [-0.39, 0.29) is 37.1 Å². The van der Waals surface area contributed by atoms with Gasteiger partial charge in [-0.2, -0.15) is 0 Å². The van der Waals surface area contributed by atoms with Gasteiger partial charge >= 0.3 is 0 Å². The van der Waals surface area contributed by atoms with Gasteiger partial charge in [-0.1, -0.05) is 36.4 Å². The van der Waals surface area contributed by atoms with E-state index in [9.17, 15) is 19.5 Å². The molecule has 0 radical (unpaired) electrons. The molecule has 0 saturated carbocycles. The van der Waals surface area contributed by atoms with Crippen LogP contribution in [0.25, 0.3) is 12.2 Å². The van der Waals surface area contributed by atoms with Crippen LogP contribution < -0.4 is 5.56 Å². The molecule has 0 aliphatic carbocycles. The summed E-state index contributed by atoms with van der Waals surface area (Å²) in [6.07, 6.45) is 3.67. The van der Waals surface area contributed by atoms with Crippen LogP contribution in [0.3, 0.4) is 0 Å². The maximum absolute atomic E-state index is 13.8. The molecule has 0 unspecified atom stereocenters. The quantitative estimate of drug-likeness (QED) is 0.645. The van der Waals surface area contributed by atoms with Gasteiger partial charge in [0.15, 0.2) is 0 Å². The molecule has 1 N–H and O–H groups in total. The molecule has 1 aromatic carbocycles. The number of aliphatic hydroxyl groups excluding tert-OH is 1. The average Bonchev–Trinajstić information content (AvgIpc) is 3.16. The molecule has 4 atom stereocenters. The van der Waals surface area contributed by atoms with Gasteiger partial charge < -0.3 is 28.9 Å². The Morgan fingerprint density at radius 3 is 2.56 bits per heavy atom. The third-order valence-corrected chi connectivity index (χ3v) is 7.49. The predicted molar refractivity (Wildman–Crippen MR) is 133 cm³/mol. The molecular weight excluding hydrogens is 462 g/mol. The first kappa shape index (κ1) is 24.4. The van der Waals surface area contributed by atoms with Crippen LogP contribution >= 0.6 is 0 Å². The van der Waals surface area contributed by atoms with Crippen LogP contribution in [0.5, 0.6) is 0 Å². The number of hydrogen-bond donors (Lipinski definition) is 1. The van der Waals surface area contributed by atoms with Crippen LogP contribution in [0.4, 0.5) is 0 Å². The summed E-state index contributed by atoms with van der Waals surface area (Å²) in [5.74, 6) is -1.52. The monoisotopic (exact) mass is 493 g/mol. The van der Waals surface area contributed by atoms with Crippen LogP contribution in [0.1, 0.15) is 22.9 Å². The lowest BCUT2D eigenvalue weighted by molar-refractivity contribution is -0.144. The number of amides is 2. The van der Waals surface area contributed by atoms with Crippen molar-refractivity contribution in [1.29, 1.82) is 0 Å². The van der Waals surface area contributed by atoms with Gasteiger partial charge in [-0.3, -0.25) is 14.4 Å². The van der Waals surface area contributed by atoms with E-state index < -0.39 is 23.9 Å². The van der Waals surface area contributed by atoms with Gasteiger partial charge in [0.2, 0.25) is 11.8 Å². The number of methoxy groups -OCH3 is 1. The largest absolute Gasteiger partial charge is 0.396 e. The lowest BCUT2D eigenvalue weighted by Gasteiger charge is -2.38. The fraction of sp³-hybridized carbons (Fsp3) is 0.444. The Balaban J connectivity index is 1.56. The van der Waals surface area contributed by atoms with Crippen LogP contribution in [0, 0.1) is 11.8 Å². The van der Waals surface area contributed by atoms with E-state index >= 15 is 0 Å². The predicted octanol–water partition coefficient (Wildman–Crippen LogP) is 1.01. The zero-order chi connectivity index (χ0) is 25.2. The Hall–Kier alpha value is -3.27. The number of fused-ring (bicyclic) bond motifs is 4. The van der Waals surface area contributed by atoms with Gasteiger partial charge in [-0.05, 0) is 23.8 Å². The highest BCUT2D eigenvalue weighted by Crippen LogP contribution is 2.49. The lowest BCUT2D eigenvalue weighted by atomic mass is 9.86. The minimum atomic E-state index is -0.655. The zero-order valence-electron chi connectivity index (χ0n) is 20.3. The van der Waals surface area contributed by atoms with Crippen molar-refractivity contribution in [3.63, 3.8) is 0 Å². The summed E-state index contributed by atoms with van der Waals surface area (Å²) >= 11 is 0. The zero-order valence-corrected chi connectivity index (χ0v) is 20.3. The highest BCUT2D eigenvalue weighted by molar-refractivity contribution is 5.85. The van der Waals surface area contributed by atoms with Crippen LogP contribution in [-0.2, 0) is 25.6 Å². The third-order valence-electron chi connectivity index (χ3n) is 7.49. The van der Waals surface area contributed by atoms with E-state index in [0.717, 1.165) is 5.56 Å². The van der Waals surface area contributed by atoms with Crippen molar-refractivity contribution in [2.24, 2.45) is 11.8 Å². The van der Waals surface area contributed by atoms with Crippen molar-refractivity contribution < 1.29 is 24.2 Å². The second-order valence-corrected chi connectivity index (χ2v) is 9.43. The molecule has 3 aliphatic heterocycles. The molecule has 4 heterocycles. The molecule has 2 bridgehead atoms. The lowest BCUT2D eigenvalue weighted by Crippen LogP contribution is -2.50. The van der Waals surface area contributed by atoms with Gasteiger partial charge in [0, 0.05) is 50.5 Å². The molecular formula is C27H31N3O6. The van der Waals surface area contributed by atoms with Crippen molar-refractivity contribution in [3.05, 3.63) is 69.6 Å². The molecule has 5 rings (SSSR count). The van der Waals surface area contributed by atoms with Crippen molar-refractivity contribution in [1.82, 2.24) is 14.4 Å². The maximum atomic E-state index is 13.8. The molecule has 0 spiro atoms. The minimum Gasteiger partial charge on any atom is -0.396 e. The van der Waals surface area contributed by atoms with Crippen LogP contribution in [0.15, 0.2) is 47.3 Å². The Morgan fingerprint density at radius 2 is 1.86 bits per heavy atom. The second-order valence-electron chi connectivity index (χ2n) is 9.43. The Bertz CT molecular complexity index is 1200. The number of hydrogen-bond acceptors (Lipinski definition) is 6. The summed E-state index contributed by atoms with van der Waals surface area (Å²) < 4.78 is 12.2. The second kappa shape index (κ2) is 10.4. The van der Waals surface area contributed by atoms with E-state index in [0.29, 0.717) is 37.6 Å². The van der Waals surface area contributed by atoms with Gasteiger partial charge in [-0.25, -0.2) is 0 Å². The summed E-state index contributed by atoms with van der Waals surface area (Å²) in [6.45, 7) is 1.66. The van der Waals surface area contributed by atoms with E-state index in [1.807, 2.05) is 42.5 Å². The van der Waals surface area contributed by atoms with Gasteiger partial charge in [0.1, 0.15) is 6.61 Å². The minimum absolute atomic E-state index is 0.117.